The molecular weight excluding hydrogens is 338 g/mol. The van der Waals surface area contributed by atoms with Crippen LogP contribution in [0.3, 0.4) is 0 Å². The largest absolute Gasteiger partial charge is 0.412 e. The van der Waals surface area contributed by atoms with Gasteiger partial charge in [0.1, 0.15) is 11.9 Å². The number of hydrogen-bond donors (Lipinski definition) is 2. The van der Waals surface area contributed by atoms with Gasteiger partial charge in [-0.1, -0.05) is 78.9 Å². The Morgan fingerprint density at radius 3 is 2.15 bits per heavy atom. The van der Waals surface area contributed by atoms with Crippen LogP contribution in [0.1, 0.15) is 31.1 Å². The standard InChI is InChI=1S/C23H23NO3/c1-16(2)24-23(26)27-22-19(17-10-5-3-6-11-17)14-9-15-20(22)21(25)18-12-7-4-8-13-18/h3-16,21,25H,1-2H3,(H,24,26). The Hall–Kier alpha value is -3.11. The number of benzene rings is 3. The molecule has 3 rings (SSSR count). The molecule has 0 fully saturated rings. The van der Waals surface area contributed by atoms with Crippen LogP contribution in [0, 0.1) is 0 Å². The molecule has 27 heavy (non-hydrogen) atoms. The number of carbonyl (C=O) groups is 1. The van der Waals surface area contributed by atoms with Crippen LogP contribution < -0.4 is 10.1 Å². The van der Waals surface area contributed by atoms with Gasteiger partial charge < -0.3 is 15.2 Å². The Balaban J connectivity index is 2.08. The summed E-state index contributed by atoms with van der Waals surface area (Å²) in [4.78, 5) is 12.3. The highest BCUT2D eigenvalue weighted by Crippen LogP contribution is 2.38. The minimum absolute atomic E-state index is 0.0520. The Bertz CT molecular complexity index is 892. The van der Waals surface area contributed by atoms with Crippen molar-refractivity contribution in [1.82, 2.24) is 5.32 Å². The van der Waals surface area contributed by atoms with Gasteiger partial charge in [-0.25, -0.2) is 4.79 Å². The Morgan fingerprint density at radius 1 is 0.889 bits per heavy atom. The van der Waals surface area contributed by atoms with E-state index in [1.165, 1.54) is 0 Å². The molecule has 3 aromatic rings. The van der Waals surface area contributed by atoms with Gasteiger partial charge in [-0.3, -0.25) is 0 Å². The van der Waals surface area contributed by atoms with E-state index >= 15 is 0 Å². The van der Waals surface area contributed by atoms with Gasteiger partial charge in [0, 0.05) is 17.2 Å². The van der Waals surface area contributed by atoms with E-state index < -0.39 is 12.2 Å². The minimum Gasteiger partial charge on any atom is -0.409 e. The molecule has 0 saturated carbocycles. The maximum absolute atomic E-state index is 12.3. The molecule has 0 heterocycles. The van der Waals surface area contributed by atoms with Crippen LogP contribution in [0.5, 0.6) is 5.75 Å². The molecule has 1 unspecified atom stereocenters. The van der Waals surface area contributed by atoms with E-state index in [0.29, 0.717) is 11.3 Å². The van der Waals surface area contributed by atoms with E-state index in [1.807, 2.05) is 86.6 Å². The molecule has 0 aromatic heterocycles. The van der Waals surface area contributed by atoms with E-state index in [9.17, 15) is 9.90 Å². The fourth-order valence-electron chi connectivity index (χ4n) is 2.90. The predicted octanol–water partition coefficient (Wildman–Crippen LogP) is 4.93. The van der Waals surface area contributed by atoms with Crippen LogP contribution >= 0.6 is 0 Å². The summed E-state index contributed by atoms with van der Waals surface area (Å²) in [5, 5.41) is 13.7. The minimum atomic E-state index is -0.906. The third-order valence-corrected chi connectivity index (χ3v) is 4.14. The first-order chi connectivity index (χ1) is 13.1. The van der Waals surface area contributed by atoms with Gasteiger partial charge >= 0.3 is 6.09 Å². The summed E-state index contributed by atoms with van der Waals surface area (Å²) in [6.45, 7) is 3.73. The monoisotopic (exact) mass is 361 g/mol. The number of carbonyl (C=O) groups excluding carboxylic acids is 1. The molecule has 4 heteroatoms. The maximum atomic E-state index is 12.3. The second-order valence-corrected chi connectivity index (χ2v) is 6.59. The van der Waals surface area contributed by atoms with Crippen LogP contribution in [0.2, 0.25) is 0 Å². The summed E-state index contributed by atoms with van der Waals surface area (Å²) in [7, 11) is 0. The lowest BCUT2D eigenvalue weighted by atomic mass is 9.95. The molecule has 2 N–H and O–H groups in total. The molecule has 0 radical (unpaired) electrons. The van der Waals surface area contributed by atoms with Crippen molar-refractivity contribution in [2.45, 2.75) is 26.0 Å². The van der Waals surface area contributed by atoms with Crippen LogP contribution in [0.25, 0.3) is 11.1 Å². The Morgan fingerprint density at radius 2 is 1.52 bits per heavy atom. The lowest BCUT2D eigenvalue weighted by molar-refractivity contribution is 0.191. The molecule has 0 saturated heterocycles. The molecule has 0 bridgehead atoms. The van der Waals surface area contributed by atoms with Gasteiger partial charge in [0.05, 0.1) is 0 Å². The SMILES string of the molecule is CC(C)NC(=O)Oc1c(-c2ccccc2)cccc1C(O)c1ccccc1. The summed E-state index contributed by atoms with van der Waals surface area (Å²) in [5.74, 6) is 0.359. The Kier molecular flexibility index (Phi) is 5.89. The summed E-state index contributed by atoms with van der Waals surface area (Å²) < 4.78 is 5.67. The van der Waals surface area contributed by atoms with Crippen molar-refractivity contribution in [2.75, 3.05) is 0 Å². The van der Waals surface area contributed by atoms with E-state index in [-0.39, 0.29) is 6.04 Å². The van der Waals surface area contributed by atoms with Crippen molar-refractivity contribution in [3.8, 4) is 16.9 Å². The van der Waals surface area contributed by atoms with Gasteiger partial charge in [-0.15, -0.1) is 0 Å². The van der Waals surface area contributed by atoms with Gasteiger partial charge in [0.25, 0.3) is 0 Å². The first kappa shape index (κ1) is 18.7. The first-order valence-electron chi connectivity index (χ1n) is 8.96. The second-order valence-electron chi connectivity index (χ2n) is 6.59. The van der Waals surface area contributed by atoms with Crippen molar-refractivity contribution < 1.29 is 14.6 Å². The number of amides is 1. The second kappa shape index (κ2) is 8.52. The lowest BCUT2D eigenvalue weighted by Gasteiger charge is -2.20. The number of rotatable bonds is 5. The summed E-state index contributed by atoms with van der Waals surface area (Å²) in [5.41, 5.74) is 2.94. The summed E-state index contributed by atoms with van der Waals surface area (Å²) in [6.07, 6.45) is -1.45. The molecule has 4 nitrogen and oxygen atoms in total. The van der Waals surface area contributed by atoms with Crippen molar-refractivity contribution in [3.63, 3.8) is 0 Å². The normalized spacial score (nSPS) is 11.9. The number of nitrogens with one attached hydrogen (secondary N) is 1. The van der Waals surface area contributed by atoms with Gasteiger partial charge in [0.2, 0.25) is 0 Å². The number of aliphatic hydroxyl groups excluding tert-OH is 1. The molecular formula is C23H23NO3. The fourth-order valence-corrected chi connectivity index (χ4v) is 2.90. The van der Waals surface area contributed by atoms with Gasteiger partial charge in [0.15, 0.2) is 0 Å². The first-order valence-corrected chi connectivity index (χ1v) is 8.96. The molecule has 0 aliphatic heterocycles. The number of hydrogen-bond acceptors (Lipinski definition) is 3. The van der Waals surface area contributed by atoms with Crippen LogP contribution in [-0.2, 0) is 0 Å². The summed E-state index contributed by atoms with van der Waals surface area (Å²) >= 11 is 0. The number of para-hydroxylation sites is 1. The fraction of sp³-hybridized carbons (Fsp3) is 0.174. The van der Waals surface area contributed by atoms with Crippen LogP contribution in [-0.4, -0.2) is 17.2 Å². The highest BCUT2D eigenvalue weighted by molar-refractivity contribution is 5.79. The quantitative estimate of drug-likeness (QED) is 0.677. The smallest absolute Gasteiger partial charge is 0.409 e. The van der Waals surface area contributed by atoms with Crippen molar-refractivity contribution in [3.05, 3.63) is 90.0 Å². The van der Waals surface area contributed by atoms with Gasteiger partial charge in [-0.05, 0) is 25.0 Å². The highest BCUT2D eigenvalue weighted by atomic mass is 16.6. The molecule has 3 aromatic carbocycles. The van der Waals surface area contributed by atoms with Crippen molar-refractivity contribution in [1.29, 1.82) is 0 Å². The Labute approximate surface area is 159 Å². The number of aliphatic hydroxyl groups is 1. The van der Waals surface area contributed by atoms with Gasteiger partial charge in [-0.2, -0.15) is 0 Å². The van der Waals surface area contributed by atoms with Crippen LogP contribution in [0.15, 0.2) is 78.9 Å². The average molecular weight is 361 g/mol. The van der Waals surface area contributed by atoms with E-state index in [1.54, 1.807) is 6.07 Å². The molecule has 0 aliphatic rings. The van der Waals surface area contributed by atoms with E-state index in [0.717, 1.165) is 16.7 Å². The van der Waals surface area contributed by atoms with E-state index in [2.05, 4.69) is 5.32 Å². The lowest BCUT2D eigenvalue weighted by Crippen LogP contribution is -2.33. The zero-order chi connectivity index (χ0) is 19.2. The zero-order valence-corrected chi connectivity index (χ0v) is 15.4. The number of ether oxygens (including phenoxy) is 1. The molecule has 1 atom stereocenters. The highest BCUT2D eigenvalue weighted by Gasteiger charge is 2.21. The average Bonchev–Trinajstić information content (AvgIpc) is 2.68. The van der Waals surface area contributed by atoms with Crippen molar-refractivity contribution in [2.24, 2.45) is 0 Å². The summed E-state index contributed by atoms with van der Waals surface area (Å²) in [6, 6.07) is 24.5. The topological polar surface area (TPSA) is 58.6 Å². The molecule has 0 spiro atoms. The maximum Gasteiger partial charge on any atom is 0.412 e. The van der Waals surface area contributed by atoms with E-state index in [4.69, 9.17) is 4.74 Å². The third-order valence-electron chi connectivity index (χ3n) is 4.14. The predicted molar refractivity (Wildman–Crippen MR) is 107 cm³/mol. The molecule has 0 aliphatic carbocycles. The third kappa shape index (κ3) is 4.54. The molecule has 1 amide bonds. The van der Waals surface area contributed by atoms with Crippen LogP contribution in [0.4, 0.5) is 4.79 Å². The zero-order valence-electron chi connectivity index (χ0n) is 15.4. The molecule has 138 valence electrons. The van der Waals surface area contributed by atoms with Crippen molar-refractivity contribution >= 4 is 6.09 Å².